The molecule has 0 spiro atoms. The highest BCUT2D eigenvalue weighted by atomic mass is 32.2. The zero-order chi connectivity index (χ0) is 16.4. The Hall–Kier alpha value is -0.370. The van der Waals surface area contributed by atoms with Crippen LogP contribution in [0.2, 0.25) is 0 Å². The van der Waals surface area contributed by atoms with Crippen LogP contribution in [0.4, 0.5) is 4.79 Å². The Morgan fingerprint density at radius 3 is 2.62 bits per heavy atom. The van der Waals surface area contributed by atoms with Crippen molar-refractivity contribution in [3.05, 3.63) is 0 Å². The molecule has 1 saturated heterocycles. The van der Waals surface area contributed by atoms with E-state index < -0.39 is 29.6 Å². The van der Waals surface area contributed by atoms with E-state index in [2.05, 4.69) is 0 Å². The predicted molar refractivity (Wildman–Crippen MR) is 88.6 cm³/mol. The summed E-state index contributed by atoms with van der Waals surface area (Å²) in [6.45, 7) is 9.27. The Bertz CT molecular complexity index is 406. The third-order valence-electron chi connectivity index (χ3n) is 3.16. The van der Waals surface area contributed by atoms with Crippen molar-refractivity contribution in [3.8, 4) is 0 Å². The van der Waals surface area contributed by atoms with Crippen LogP contribution in [0, 0.1) is 0 Å². The molecule has 2 atom stereocenters. The molecular weight excluding hydrogens is 310 g/mol. The Kier molecular flexibility index (Phi) is 6.06. The fourth-order valence-electron chi connectivity index (χ4n) is 2.17. The highest BCUT2D eigenvalue weighted by molar-refractivity contribution is 8.22. The van der Waals surface area contributed by atoms with Gasteiger partial charge in [0.1, 0.15) is 11.3 Å². The van der Waals surface area contributed by atoms with E-state index >= 15 is 0 Å². The summed E-state index contributed by atoms with van der Waals surface area (Å²) in [5.41, 5.74) is -1.41. The Labute approximate surface area is 136 Å². The maximum atomic E-state index is 12.4. The molecule has 0 saturated carbocycles. The average Bonchev–Trinajstić information content (AvgIpc) is 2.62. The number of ether oxygens (including phenoxy) is 2. The summed E-state index contributed by atoms with van der Waals surface area (Å²) in [6.07, 6.45) is 0.971. The number of amides is 1. The van der Waals surface area contributed by atoms with E-state index in [0.717, 1.165) is 0 Å². The van der Waals surface area contributed by atoms with Gasteiger partial charge in [-0.2, -0.15) is 0 Å². The van der Waals surface area contributed by atoms with Crippen LogP contribution in [0.25, 0.3) is 0 Å². The highest BCUT2D eigenvalue weighted by Gasteiger charge is 2.48. The fraction of sp³-hybridized carbons (Fsp3) is 0.857. The zero-order valence-electron chi connectivity index (χ0n) is 13.5. The van der Waals surface area contributed by atoms with Gasteiger partial charge < -0.3 is 14.6 Å². The number of carbonyl (C=O) groups excluding carboxylic acids is 1. The summed E-state index contributed by atoms with van der Waals surface area (Å²) < 4.78 is 11.8. The molecule has 1 aliphatic rings. The second kappa shape index (κ2) is 6.81. The average molecular weight is 335 g/mol. The first-order valence-electron chi connectivity index (χ1n) is 6.89. The van der Waals surface area contributed by atoms with Crippen molar-refractivity contribution in [2.45, 2.75) is 64.5 Å². The number of thiocarbonyl (C=S) groups is 1. The molecule has 1 aliphatic heterocycles. The molecule has 1 amide bonds. The molecule has 1 rings (SSSR count). The molecule has 1 unspecified atom stereocenters. The quantitative estimate of drug-likeness (QED) is 0.800. The summed E-state index contributed by atoms with van der Waals surface area (Å²) in [5.74, 6) is 0. The molecular formula is C14H25NO4S2. The molecule has 1 fully saturated rings. The molecule has 21 heavy (non-hydrogen) atoms. The van der Waals surface area contributed by atoms with Gasteiger partial charge in [0.25, 0.3) is 0 Å². The van der Waals surface area contributed by atoms with Crippen LogP contribution in [-0.4, -0.2) is 56.6 Å². The number of rotatable bonds is 3. The highest BCUT2D eigenvalue weighted by Crippen LogP contribution is 2.32. The van der Waals surface area contributed by atoms with Crippen molar-refractivity contribution in [3.63, 3.8) is 0 Å². The Morgan fingerprint density at radius 2 is 2.14 bits per heavy atom. The summed E-state index contributed by atoms with van der Waals surface area (Å²) >= 11 is 6.57. The molecule has 0 aromatic rings. The minimum Gasteiger partial charge on any atom is -0.444 e. The molecule has 0 aliphatic carbocycles. The smallest absolute Gasteiger partial charge is 0.412 e. The monoisotopic (exact) mass is 335 g/mol. The van der Waals surface area contributed by atoms with Crippen molar-refractivity contribution >= 4 is 34.3 Å². The standard InChI is InChI=1S/C14H25NO4S2/c1-13(2,3)19-12(17)15-9(8-18-14(15,4)5)10(16)7-11(20)21-6/h9-10,16H,7-8H2,1-6H3/t9-,10?/m0/s1. The molecule has 0 bridgehead atoms. The number of carbonyl (C=O) groups is 1. The number of aliphatic hydroxyl groups is 1. The van der Waals surface area contributed by atoms with Gasteiger partial charge in [0.2, 0.25) is 0 Å². The predicted octanol–water partition coefficient (Wildman–Crippen LogP) is 2.80. The van der Waals surface area contributed by atoms with Crippen molar-refractivity contribution in [1.82, 2.24) is 4.90 Å². The van der Waals surface area contributed by atoms with E-state index in [1.54, 1.807) is 13.8 Å². The van der Waals surface area contributed by atoms with Crippen molar-refractivity contribution in [2.24, 2.45) is 0 Å². The minimum atomic E-state index is -0.811. The van der Waals surface area contributed by atoms with Crippen LogP contribution in [0.5, 0.6) is 0 Å². The molecule has 5 nitrogen and oxygen atoms in total. The largest absolute Gasteiger partial charge is 0.444 e. The van der Waals surface area contributed by atoms with Crippen LogP contribution >= 0.6 is 24.0 Å². The normalized spacial score (nSPS) is 23.0. The van der Waals surface area contributed by atoms with E-state index in [4.69, 9.17) is 21.7 Å². The van der Waals surface area contributed by atoms with Crippen molar-refractivity contribution in [2.75, 3.05) is 12.9 Å². The fourth-order valence-corrected chi connectivity index (χ4v) is 2.68. The Balaban J connectivity index is 2.88. The van der Waals surface area contributed by atoms with Crippen LogP contribution in [-0.2, 0) is 9.47 Å². The van der Waals surface area contributed by atoms with Gasteiger partial charge in [-0.15, -0.1) is 11.8 Å². The number of aliphatic hydroxyl groups excluding tert-OH is 1. The van der Waals surface area contributed by atoms with Gasteiger partial charge >= 0.3 is 6.09 Å². The molecule has 0 aromatic carbocycles. The lowest BCUT2D eigenvalue weighted by Crippen LogP contribution is -2.53. The van der Waals surface area contributed by atoms with Gasteiger partial charge in [0, 0.05) is 6.42 Å². The number of thioether (sulfide) groups is 1. The zero-order valence-corrected chi connectivity index (χ0v) is 15.1. The second-order valence-electron chi connectivity index (χ2n) is 6.52. The number of hydrogen-bond donors (Lipinski definition) is 1. The molecule has 1 heterocycles. The molecule has 122 valence electrons. The van der Waals surface area contributed by atoms with E-state index in [9.17, 15) is 9.90 Å². The second-order valence-corrected chi connectivity index (χ2v) is 8.18. The van der Waals surface area contributed by atoms with E-state index in [0.29, 0.717) is 10.6 Å². The first kappa shape index (κ1) is 18.7. The minimum absolute atomic E-state index is 0.268. The van der Waals surface area contributed by atoms with Gasteiger partial charge in [0.15, 0.2) is 0 Å². The lowest BCUT2D eigenvalue weighted by atomic mass is 10.1. The lowest BCUT2D eigenvalue weighted by Gasteiger charge is -2.36. The first-order valence-corrected chi connectivity index (χ1v) is 8.52. The van der Waals surface area contributed by atoms with Gasteiger partial charge in [-0.25, -0.2) is 4.79 Å². The number of nitrogens with zero attached hydrogens (tertiary/aromatic N) is 1. The van der Waals surface area contributed by atoms with Crippen LogP contribution < -0.4 is 0 Å². The van der Waals surface area contributed by atoms with Crippen molar-refractivity contribution in [1.29, 1.82) is 0 Å². The van der Waals surface area contributed by atoms with Gasteiger partial charge in [-0.05, 0) is 40.9 Å². The summed E-state index contributed by atoms with van der Waals surface area (Å²) in [7, 11) is 0. The summed E-state index contributed by atoms with van der Waals surface area (Å²) in [5, 5.41) is 10.4. The summed E-state index contributed by atoms with van der Waals surface area (Å²) in [4.78, 5) is 13.9. The van der Waals surface area contributed by atoms with Crippen molar-refractivity contribution < 1.29 is 19.4 Å². The number of hydrogen-bond acceptors (Lipinski definition) is 6. The lowest BCUT2D eigenvalue weighted by molar-refractivity contribution is -0.0674. The molecule has 0 aromatic heterocycles. The van der Waals surface area contributed by atoms with Crippen LogP contribution in [0.1, 0.15) is 41.0 Å². The SMILES string of the molecule is CSC(=S)CC(O)[C@@H]1COC(C)(C)N1C(=O)OC(C)(C)C. The van der Waals surface area contributed by atoms with Gasteiger partial charge in [-0.1, -0.05) is 12.2 Å². The molecule has 7 heteroatoms. The first-order chi connectivity index (χ1) is 9.48. The summed E-state index contributed by atoms with van der Waals surface area (Å²) in [6, 6.07) is -0.458. The third kappa shape index (κ3) is 5.09. The van der Waals surface area contributed by atoms with Gasteiger partial charge in [-0.3, -0.25) is 4.90 Å². The molecule has 1 N–H and O–H groups in total. The van der Waals surface area contributed by atoms with Crippen LogP contribution in [0.15, 0.2) is 0 Å². The third-order valence-corrected chi connectivity index (χ3v) is 4.45. The van der Waals surface area contributed by atoms with E-state index in [1.807, 2.05) is 27.0 Å². The van der Waals surface area contributed by atoms with E-state index in [-0.39, 0.29) is 6.61 Å². The topological polar surface area (TPSA) is 59.0 Å². The maximum Gasteiger partial charge on any atom is 0.412 e. The van der Waals surface area contributed by atoms with Crippen LogP contribution in [0.3, 0.4) is 0 Å². The maximum absolute atomic E-state index is 12.4. The van der Waals surface area contributed by atoms with E-state index in [1.165, 1.54) is 16.7 Å². The Morgan fingerprint density at radius 1 is 1.57 bits per heavy atom. The molecule has 0 radical (unpaired) electrons. The van der Waals surface area contributed by atoms with Gasteiger partial charge in [0.05, 0.1) is 22.9 Å².